The highest BCUT2D eigenvalue weighted by Crippen LogP contribution is 2.42. The normalized spacial score (nSPS) is 24.2. The molecule has 1 rings (SSSR count). The molecule has 0 radical (unpaired) electrons. The van der Waals surface area contributed by atoms with E-state index < -0.39 is 0 Å². The van der Waals surface area contributed by atoms with Crippen molar-refractivity contribution in [2.24, 2.45) is 11.1 Å². The lowest BCUT2D eigenvalue weighted by Gasteiger charge is -2.34. The highest BCUT2D eigenvalue weighted by Gasteiger charge is 2.39. The van der Waals surface area contributed by atoms with Gasteiger partial charge in [-0.05, 0) is 19.3 Å². The van der Waals surface area contributed by atoms with Crippen LogP contribution >= 0.6 is 0 Å². The van der Waals surface area contributed by atoms with E-state index >= 15 is 0 Å². The number of rotatable bonds is 4. The van der Waals surface area contributed by atoms with E-state index in [1.165, 1.54) is 25.7 Å². The fourth-order valence-corrected chi connectivity index (χ4v) is 2.59. The van der Waals surface area contributed by atoms with Crippen LogP contribution in [-0.2, 0) is 4.74 Å². The van der Waals surface area contributed by atoms with Gasteiger partial charge in [-0.1, -0.05) is 19.8 Å². The van der Waals surface area contributed by atoms with Crippen molar-refractivity contribution in [3.05, 3.63) is 0 Å². The van der Waals surface area contributed by atoms with Crippen LogP contribution in [0.25, 0.3) is 0 Å². The second-order valence-corrected chi connectivity index (χ2v) is 3.91. The standard InChI is InChI=1S/C10H21NO/c1-3-9(12-2)10(8-11)6-4-5-7-10/h9H,3-8,11H2,1-2H3. The van der Waals surface area contributed by atoms with Gasteiger partial charge in [0.25, 0.3) is 0 Å². The smallest absolute Gasteiger partial charge is 0.0637 e. The maximum atomic E-state index is 5.84. The van der Waals surface area contributed by atoms with Gasteiger partial charge in [-0.2, -0.15) is 0 Å². The molecule has 0 aromatic heterocycles. The minimum Gasteiger partial charge on any atom is -0.381 e. The van der Waals surface area contributed by atoms with Crippen LogP contribution in [0.2, 0.25) is 0 Å². The molecular weight excluding hydrogens is 150 g/mol. The molecule has 0 bridgehead atoms. The zero-order valence-corrected chi connectivity index (χ0v) is 8.31. The zero-order chi connectivity index (χ0) is 9.03. The Hall–Kier alpha value is -0.0800. The first kappa shape index (κ1) is 10.0. The summed E-state index contributed by atoms with van der Waals surface area (Å²) >= 11 is 0. The molecule has 72 valence electrons. The number of hydrogen-bond acceptors (Lipinski definition) is 2. The predicted molar refractivity (Wildman–Crippen MR) is 51.0 cm³/mol. The van der Waals surface area contributed by atoms with Crippen LogP contribution in [-0.4, -0.2) is 19.8 Å². The number of methoxy groups -OCH3 is 1. The molecule has 0 aliphatic heterocycles. The maximum absolute atomic E-state index is 5.84. The predicted octanol–water partition coefficient (Wildman–Crippen LogP) is 1.93. The summed E-state index contributed by atoms with van der Waals surface area (Å²) in [5.41, 5.74) is 6.15. The first-order chi connectivity index (χ1) is 5.79. The molecule has 2 nitrogen and oxygen atoms in total. The van der Waals surface area contributed by atoms with E-state index in [2.05, 4.69) is 6.92 Å². The van der Waals surface area contributed by atoms with Gasteiger partial charge < -0.3 is 10.5 Å². The average Bonchev–Trinajstić information content (AvgIpc) is 2.56. The zero-order valence-electron chi connectivity index (χ0n) is 8.31. The summed E-state index contributed by atoms with van der Waals surface area (Å²) in [6, 6.07) is 0. The Morgan fingerprint density at radius 2 is 2.00 bits per heavy atom. The Balaban J connectivity index is 2.63. The van der Waals surface area contributed by atoms with Gasteiger partial charge in [-0.15, -0.1) is 0 Å². The minimum atomic E-state index is 0.309. The third-order valence-corrected chi connectivity index (χ3v) is 3.34. The molecule has 1 atom stereocenters. The fourth-order valence-electron chi connectivity index (χ4n) is 2.59. The molecule has 2 heteroatoms. The Bertz CT molecular complexity index is 126. The molecule has 0 aromatic carbocycles. The van der Waals surface area contributed by atoms with Gasteiger partial charge in [0.1, 0.15) is 0 Å². The molecule has 12 heavy (non-hydrogen) atoms. The molecule has 0 spiro atoms. The third-order valence-electron chi connectivity index (χ3n) is 3.34. The summed E-state index contributed by atoms with van der Waals surface area (Å²) in [6.45, 7) is 2.98. The van der Waals surface area contributed by atoms with Crippen LogP contribution in [0.3, 0.4) is 0 Å². The van der Waals surface area contributed by atoms with Gasteiger partial charge in [0.05, 0.1) is 6.10 Å². The van der Waals surface area contributed by atoms with E-state index in [4.69, 9.17) is 10.5 Å². The molecule has 1 aliphatic rings. The van der Waals surface area contributed by atoms with E-state index in [1.54, 1.807) is 0 Å². The molecule has 1 saturated carbocycles. The highest BCUT2D eigenvalue weighted by atomic mass is 16.5. The Morgan fingerprint density at radius 3 is 2.33 bits per heavy atom. The molecule has 1 unspecified atom stereocenters. The van der Waals surface area contributed by atoms with E-state index in [0.29, 0.717) is 11.5 Å². The van der Waals surface area contributed by atoms with Crippen LogP contribution < -0.4 is 5.73 Å². The van der Waals surface area contributed by atoms with Gasteiger partial charge in [0.15, 0.2) is 0 Å². The lowest BCUT2D eigenvalue weighted by molar-refractivity contribution is -0.00745. The molecule has 0 aromatic rings. The second kappa shape index (κ2) is 4.24. The van der Waals surface area contributed by atoms with Gasteiger partial charge in [-0.25, -0.2) is 0 Å². The van der Waals surface area contributed by atoms with Gasteiger partial charge in [-0.3, -0.25) is 0 Å². The van der Waals surface area contributed by atoms with Gasteiger partial charge >= 0.3 is 0 Å². The van der Waals surface area contributed by atoms with Crippen molar-refractivity contribution in [1.82, 2.24) is 0 Å². The summed E-state index contributed by atoms with van der Waals surface area (Å²) in [7, 11) is 1.81. The second-order valence-electron chi connectivity index (χ2n) is 3.91. The third kappa shape index (κ3) is 1.64. The summed E-state index contributed by atoms with van der Waals surface area (Å²) in [6.07, 6.45) is 6.65. The Morgan fingerprint density at radius 1 is 1.42 bits per heavy atom. The lowest BCUT2D eigenvalue weighted by Crippen LogP contribution is -2.40. The van der Waals surface area contributed by atoms with Crippen LogP contribution in [0.15, 0.2) is 0 Å². The van der Waals surface area contributed by atoms with Gasteiger partial charge in [0.2, 0.25) is 0 Å². The Labute approximate surface area is 75.5 Å². The molecule has 0 saturated heterocycles. The summed E-state index contributed by atoms with van der Waals surface area (Å²) in [5.74, 6) is 0. The molecule has 0 heterocycles. The summed E-state index contributed by atoms with van der Waals surface area (Å²) < 4.78 is 5.50. The maximum Gasteiger partial charge on any atom is 0.0637 e. The monoisotopic (exact) mass is 171 g/mol. The van der Waals surface area contributed by atoms with Gasteiger partial charge in [0, 0.05) is 19.1 Å². The highest BCUT2D eigenvalue weighted by molar-refractivity contribution is 4.91. The quantitative estimate of drug-likeness (QED) is 0.701. The number of nitrogens with two attached hydrogens (primary N) is 1. The largest absolute Gasteiger partial charge is 0.381 e. The van der Waals surface area contributed by atoms with Crippen molar-refractivity contribution in [2.75, 3.05) is 13.7 Å². The van der Waals surface area contributed by atoms with Crippen LogP contribution in [0, 0.1) is 5.41 Å². The Kier molecular flexibility index (Phi) is 3.53. The van der Waals surface area contributed by atoms with E-state index in [-0.39, 0.29) is 0 Å². The first-order valence-corrected chi connectivity index (χ1v) is 5.02. The van der Waals surface area contributed by atoms with Crippen molar-refractivity contribution >= 4 is 0 Å². The fraction of sp³-hybridized carbons (Fsp3) is 1.00. The van der Waals surface area contributed by atoms with Crippen molar-refractivity contribution < 1.29 is 4.74 Å². The number of hydrogen-bond donors (Lipinski definition) is 1. The minimum absolute atomic E-state index is 0.309. The van der Waals surface area contributed by atoms with Crippen LogP contribution in [0.4, 0.5) is 0 Å². The topological polar surface area (TPSA) is 35.2 Å². The van der Waals surface area contributed by atoms with Crippen molar-refractivity contribution in [1.29, 1.82) is 0 Å². The lowest BCUT2D eigenvalue weighted by atomic mass is 9.79. The van der Waals surface area contributed by atoms with E-state index in [1.807, 2.05) is 7.11 Å². The molecular formula is C10H21NO. The molecule has 1 fully saturated rings. The van der Waals surface area contributed by atoms with Crippen LogP contribution in [0.1, 0.15) is 39.0 Å². The average molecular weight is 171 g/mol. The summed E-state index contributed by atoms with van der Waals surface area (Å²) in [5, 5.41) is 0. The van der Waals surface area contributed by atoms with Crippen molar-refractivity contribution in [3.63, 3.8) is 0 Å². The molecule has 2 N–H and O–H groups in total. The van der Waals surface area contributed by atoms with Crippen LogP contribution in [0.5, 0.6) is 0 Å². The molecule has 1 aliphatic carbocycles. The SMILES string of the molecule is CCC(OC)C1(CN)CCCC1. The number of ether oxygens (including phenoxy) is 1. The van der Waals surface area contributed by atoms with Crippen molar-refractivity contribution in [3.8, 4) is 0 Å². The molecule has 0 amide bonds. The first-order valence-electron chi connectivity index (χ1n) is 5.02. The summed E-state index contributed by atoms with van der Waals surface area (Å²) in [4.78, 5) is 0. The van der Waals surface area contributed by atoms with Crippen molar-refractivity contribution in [2.45, 2.75) is 45.1 Å². The van der Waals surface area contributed by atoms with E-state index in [9.17, 15) is 0 Å². The van der Waals surface area contributed by atoms with E-state index in [0.717, 1.165) is 13.0 Å².